The summed E-state index contributed by atoms with van der Waals surface area (Å²) < 4.78 is 18.8. The molecule has 1 aliphatic rings. The zero-order valence-electron chi connectivity index (χ0n) is 7.59. The van der Waals surface area contributed by atoms with Crippen molar-refractivity contribution < 1.29 is 9.13 Å². The lowest BCUT2D eigenvalue weighted by atomic mass is 10.2. The Bertz CT molecular complexity index is 326. The van der Waals surface area contributed by atoms with Crippen molar-refractivity contribution in [2.75, 3.05) is 18.5 Å². The van der Waals surface area contributed by atoms with E-state index in [2.05, 4.69) is 21.2 Å². The van der Waals surface area contributed by atoms with E-state index in [-0.39, 0.29) is 5.82 Å². The van der Waals surface area contributed by atoms with E-state index >= 15 is 0 Å². The van der Waals surface area contributed by atoms with Crippen LogP contribution in [0.25, 0.3) is 0 Å². The van der Waals surface area contributed by atoms with E-state index in [4.69, 9.17) is 4.74 Å². The molecular formula is C10H11BrFNO. The van der Waals surface area contributed by atoms with Crippen LogP contribution in [0.4, 0.5) is 10.1 Å². The molecule has 0 aromatic heterocycles. The monoisotopic (exact) mass is 259 g/mol. The SMILES string of the molecule is Fc1ccc(NC2CCOC2)c(Br)c1. The first-order valence-corrected chi connectivity index (χ1v) is 5.34. The average molecular weight is 260 g/mol. The standard InChI is InChI=1S/C10H11BrFNO/c11-9-5-7(12)1-2-10(9)13-8-3-4-14-6-8/h1-2,5,8,13H,3-4,6H2. The second-order valence-corrected chi connectivity index (χ2v) is 4.18. The summed E-state index contributed by atoms with van der Waals surface area (Å²) in [5.74, 6) is -0.231. The van der Waals surface area contributed by atoms with Crippen LogP contribution in [0.5, 0.6) is 0 Å². The van der Waals surface area contributed by atoms with Crippen LogP contribution < -0.4 is 5.32 Å². The van der Waals surface area contributed by atoms with E-state index in [1.54, 1.807) is 6.07 Å². The largest absolute Gasteiger partial charge is 0.379 e. The Morgan fingerprint density at radius 1 is 1.50 bits per heavy atom. The van der Waals surface area contributed by atoms with E-state index in [1.165, 1.54) is 12.1 Å². The zero-order valence-corrected chi connectivity index (χ0v) is 9.18. The van der Waals surface area contributed by atoms with Gasteiger partial charge in [0.15, 0.2) is 0 Å². The summed E-state index contributed by atoms with van der Waals surface area (Å²) in [6, 6.07) is 4.98. The van der Waals surface area contributed by atoms with Crippen molar-refractivity contribution in [3.63, 3.8) is 0 Å². The van der Waals surface area contributed by atoms with Crippen molar-refractivity contribution >= 4 is 21.6 Å². The molecule has 4 heteroatoms. The Morgan fingerprint density at radius 3 is 3.00 bits per heavy atom. The molecule has 1 saturated heterocycles. The van der Waals surface area contributed by atoms with Crippen LogP contribution in [0.15, 0.2) is 22.7 Å². The highest BCUT2D eigenvalue weighted by Crippen LogP contribution is 2.24. The molecule has 0 spiro atoms. The van der Waals surface area contributed by atoms with Gasteiger partial charge in [0.2, 0.25) is 0 Å². The summed E-state index contributed by atoms with van der Waals surface area (Å²) in [6.07, 6.45) is 1.00. The maximum absolute atomic E-state index is 12.8. The molecule has 0 aliphatic carbocycles. The van der Waals surface area contributed by atoms with Gasteiger partial charge in [0.25, 0.3) is 0 Å². The van der Waals surface area contributed by atoms with Crippen molar-refractivity contribution in [1.82, 2.24) is 0 Å². The van der Waals surface area contributed by atoms with Gasteiger partial charge in [-0.2, -0.15) is 0 Å². The molecule has 14 heavy (non-hydrogen) atoms. The number of ether oxygens (including phenoxy) is 1. The predicted octanol–water partition coefficient (Wildman–Crippen LogP) is 2.79. The summed E-state index contributed by atoms with van der Waals surface area (Å²) in [4.78, 5) is 0. The molecule has 2 rings (SSSR count). The van der Waals surface area contributed by atoms with Crippen LogP contribution in [0, 0.1) is 5.82 Å². The normalized spacial score (nSPS) is 21.1. The fourth-order valence-corrected chi connectivity index (χ4v) is 1.94. The van der Waals surface area contributed by atoms with Crippen LogP contribution in [0.1, 0.15) is 6.42 Å². The highest BCUT2D eigenvalue weighted by atomic mass is 79.9. The Morgan fingerprint density at radius 2 is 2.36 bits per heavy atom. The molecule has 0 amide bonds. The molecule has 2 nitrogen and oxygen atoms in total. The number of halogens is 2. The summed E-state index contributed by atoms with van der Waals surface area (Å²) in [5.41, 5.74) is 0.918. The van der Waals surface area contributed by atoms with Gasteiger partial charge in [-0.15, -0.1) is 0 Å². The second kappa shape index (κ2) is 4.28. The van der Waals surface area contributed by atoms with E-state index in [0.717, 1.165) is 29.8 Å². The first-order chi connectivity index (χ1) is 6.75. The fourth-order valence-electron chi connectivity index (χ4n) is 1.47. The van der Waals surface area contributed by atoms with Gasteiger partial charge in [-0.1, -0.05) is 0 Å². The molecular weight excluding hydrogens is 249 g/mol. The van der Waals surface area contributed by atoms with Crippen LogP contribution >= 0.6 is 15.9 Å². The van der Waals surface area contributed by atoms with Gasteiger partial charge in [-0.3, -0.25) is 0 Å². The van der Waals surface area contributed by atoms with Gasteiger partial charge in [-0.05, 0) is 40.5 Å². The molecule has 0 bridgehead atoms. The minimum Gasteiger partial charge on any atom is -0.379 e. The minimum atomic E-state index is -0.231. The quantitative estimate of drug-likeness (QED) is 0.882. The maximum atomic E-state index is 12.8. The predicted molar refractivity (Wildman–Crippen MR) is 56.9 cm³/mol. The van der Waals surface area contributed by atoms with Crippen molar-refractivity contribution in [3.05, 3.63) is 28.5 Å². The van der Waals surface area contributed by atoms with E-state index < -0.39 is 0 Å². The van der Waals surface area contributed by atoms with E-state index in [9.17, 15) is 4.39 Å². The molecule has 1 heterocycles. The number of nitrogens with one attached hydrogen (secondary N) is 1. The third-order valence-corrected chi connectivity index (χ3v) is 2.88. The number of rotatable bonds is 2. The Labute approximate surface area is 90.6 Å². The number of benzene rings is 1. The summed E-state index contributed by atoms with van der Waals surface area (Å²) in [6.45, 7) is 1.53. The van der Waals surface area contributed by atoms with Crippen LogP contribution in [0.3, 0.4) is 0 Å². The molecule has 1 aromatic rings. The smallest absolute Gasteiger partial charge is 0.124 e. The van der Waals surface area contributed by atoms with Crippen molar-refractivity contribution in [1.29, 1.82) is 0 Å². The molecule has 1 unspecified atom stereocenters. The van der Waals surface area contributed by atoms with Gasteiger partial charge in [0, 0.05) is 16.8 Å². The Balaban J connectivity index is 2.08. The molecule has 1 aliphatic heterocycles. The lowest BCUT2D eigenvalue weighted by molar-refractivity contribution is 0.195. The highest BCUT2D eigenvalue weighted by molar-refractivity contribution is 9.10. The van der Waals surface area contributed by atoms with Crippen LogP contribution in [-0.2, 0) is 4.74 Å². The molecule has 76 valence electrons. The lowest BCUT2D eigenvalue weighted by Gasteiger charge is -2.13. The molecule has 1 aromatic carbocycles. The summed E-state index contributed by atoms with van der Waals surface area (Å²) in [5, 5.41) is 3.30. The van der Waals surface area contributed by atoms with Gasteiger partial charge in [0.1, 0.15) is 5.82 Å². The molecule has 1 N–H and O–H groups in total. The highest BCUT2D eigenvalue weighted by Gasteiger charge is 2.15. The number of hydrogen-bond donors (Lipinski definition) is 1. The number of anilines is 1. The molecule has 1 fully saturated rings. The van der Waals surface area contributed by atoms with Gasteiger partial charge >= 0.3 is 0 Å². The summed E-state index contributed by atoms with van der Waals surface area (Å²) >= 11 is 3.31. The van der Waals surface area contributed by atoms with Gasteiger partial charge in [-0.25, -0.2) is 4.39 Å². The topological polar surface area (TPSA) is 21.3 Å². The van der Waals surface area contributed by atoms with Gasteiger partial charge in [0.05, 0.1) is 12.6 Å². The third-order valence-electron chi connectivity index (χ3n) is 2.22. The molecule has 0 saturated carbocycles. The van der Waals surface area contributed by atoms with Crippen LogP contribution in [0.2, 0.25) is 0 Å². The Kier molecular flexibility index (Phi) is 3.03. The van der Waals surface area contributed by atoms with Crippen molar-refractivity contribution in [3.8, 4) is 0 Å². The summed E-state index contributed by atoms with van der Waals surface area (Å²) in [7, 11) is 0. The minimum absolute atomic E-state index is 0.231. The fraction of sp³-hybridized carbons (Fsp3) is 0.400. The van der Waals surface area contributed by atoms with Crippen LogP contribution in [-0.4, -0.2) is 19.3 Å². The van der Waals surface area contributed by atoms with E-state index in [0.29, 0.717) is 6.04 Å². The first-order valence-electron chi connectivity index (χ1n) is 4.55. The second-order valence-electron chi connectivity index (χ2n) is 3.33. The average Bonchev–Trinajstić information content (AvgIpc) is 2.62. The third kappa shape index (κ3) is 2.25. The zero-order chi connectivity index (χ0) is 9.97. The number of hydrogen-bond acceptors (Lipinski definition) is 2. The molecule has 0 radical (unpaired) electrons. The maximum Gasteiger partial charge on any atom is 0.124 e. The van der Waals surface area contributed by atoms with Gasteiger partial charge < -0.3 is 10.1 Å². The lowest BCUT2D eigenvalue weighted by Crippen LogP contribution is -2.19. The van der Waals surface area contributed by atoms with E-state index in [1.807, 2.05) is 0 Å². The first kappa shape index (κ1) is 9.93. The molecule has 1 atom stereocenters. The Hall–Kier alpha value is -0.610. The van der Waals surface area contributed by atoms with Crippen molar-refractivity contribution in [2.24, 2.45) is 0 Å². The van der Waals surface area contributed by atoms with Crippen molar-refractivity contribution in [2.45, 2.75) is 12.5 Å².